The summed E-state index contributed by atoms with van der Waals surface area (Å²) in [7, 11) is 0. The van der Waals surface area contributed by atoms with Crippen molar-refractivity contribution in [2.45, 2.75) is 30.7 Å². The molecule has 5 atom stereocenters. The summed E-state index contributed by atoms with van der Waals surface area (Å²) in [5, 5.41) is 89.1. The van der Waals surface area contributed by atoms with Gasteiger partial charge in [0.2, 0.25) is 23.2 Å². The van der Waals surface area contributed by atoms with Crippen molar-refractivity contribution >= 4 is 11.0 Å². The van der Waals surface area contributed by atoms with Gasteiger partial charge >= 0.3 is 0 Å². The van der Waals surface area contributed by atoms with Crippen LogP contribution in [0.25, 0.3) is 22.3 Å². The Bertz CT molecular complexity index is 1300. The van der Waals surface area contributed by atoms with Gasteiger partial charge in [0.1, 0.15) is 35.6 Å². The van der Waals surface area contributed by atoms with Crippen molar-refractivity contribution < 1.29 is 59.8 Å². The number of hydrogen-bond acceptors (Lipinski definition) is 13. The second-order valence-corrected chi connectivity index (χ2v) is 7.57. The Balaban J connectivity index is 1.83. The third-order valence-electron chi connectivity index (χ3n) is 5.39. The minimum atomic E-state index is -1.84. The number of aliphatic hydroxyl groups excluding tert-OH is 4. The molecular formula is C21H20O13. The molecule has 3 aromatic rings. The molecule has 0 unspecified atom stereocenters. The normalized spacial score (nSPS) is 24.9. The van der Waals surface area contributed by atoms with E-state index in [9.17, 15) is 50.8 Å². The highest BCUT2D eigenvalue weighted by molar-refractivity contribution is 5.93. The van der Waals surface area contributed by atoms with E-state index in [2.05, 4.69) is 0 Å². The molecule has 2 heterocycles. The second-order valence-electron chi connectivity index (χ2n) is 7.57. The predicted molar refractivity (Wildman–Crippen MR) is 111 cm³/mol. The van der Waals surface area contributed by atoms with Crippen LogP contribution in [0.15, 0.2) is 33.5 Å². The molecule has 1 aliphatic rings. The van der Waals surface area contributed by atoms with Gasteiger partial charge in [0, 0.05) is 11.6 Å². The van der Waals surface area contributed by atoms with Crippen LogP contribution in [0, 0.1) is 0 Å². The molecule has 1 fully saturated rings. The molecule has 0 spiro atoms. The fourth-order valence-electron chi connectivity index (χ4n) is 3.54. The van der Waals surface area contributed by atoms with E-state index in [4.69, 9.17) is 13.9 Å². The zero-order chi connectivity index (χ0) is 24.9. The first-order chi connectivity index (χ1) is 16.0. The van der Waals surface area contributed by atoms with Crippen molar-refractivity contribution in [3.63, 3.8) is 0 Å². The van der Waals surface area contributed by atoms with Crippen LogP contribution in [0.2, 0.25) is 0 Å². The van der Waals surface area contributed by atoms with E-state index >= 15 is 0 Å². The molecule has 1 aromatic heterocycles. The molecule has 0 saturated carbocycles. The van der Waals surface area contributed by atoms with Gasteiger partial charge in [-0.25, -0.2) is 0 Å². The van der Waals surface area contributed by atoms with Crippen molar-refractivity contribution in [3.05, 3.63) is 34.5 Å². The molecule has 9 N–H and O–H groups in total. The molecule has 13 heteroatoms. The van der Waals surface area contributed by atoms with E-state index in [1.54, 1.807) is 0 Å². The van der Waals surface area contributed by atoms with Gasteiger partial charge in [0.15, 0.2) is 28.6 Å². The van der Waals surface area contributed by atoms with Crippen LogP contribution in [-0.4, -0.2) is 83.3 Å². The minimum absolute atomic E-state index is 0.0639. The molecule has 0 bridgehead atoms. The maximum Gasteiger partial charge on any atom is 0.238 e. The fourth-order valence-corrected chi connectivity index (χ4v) is 3.54. The first-order valence-corrected chi connectivity index (χ1v) is 9.79. The quantitative estimate of drug-likeness (QED) is 0.164. The summed E-state index contributed by atoms with van der Waals surface area (Å²) in [6.45, 7) is -0.739. The number of hydrogen-bond donors (Lipinski definition) is 9. The Morgan fingerprint density at radius 3 is 2.21 bits per heavy atom. The van der Waals surface area contributed by atoms with Crippen molar-refractivity contribution in [3.8, 4) is 45.8 Å². The number of phenolic OH excluding ortho intramolecular Hbond substituents is 4. The Kier molecular flexibility index (Phi) is 5.89. The van der Waals surface area contributed by atoms with Crippen molar-refractivity contribution in [1.29, 1.82) is 0 Å². The third-order valence-corrected chi connectivity index (χ3v) is 5.39. The van der Waals surface area contributed by atoms with Crippen LogP contribution < -0.4 is 10.2 Å². The summed E-state index contributed by atoms with van der Waals surface area (Å²) in [5.41, 5.74) is -1.85. The molecule has 0 radical (unpaired) electrons. The third kappa shape index (κ3) is 3.70. The van der Waals surface area contributed by atoms with Gasteiger partial charge in [-0.05, 0) is 18.2 Å². The van der Waals surface area contributed by atoms with E-state index in [1.165, 1.54) is 6.07 Å². The Hall–Kier alpha value is -3.75. The van der Waals surface area contributed by atoms with E-state index < -0.39 is 94.0 Å². The summed E-state index contributed by atoms with van der Waals surface area (Å²) < 4.78 is 16.0. The van der Waals surface area contributed by atoms with E-state index in [0.29, 0.717) is 0 Å². The predicted octanol–water partition coefficient (Wildman–Crippen LogP) is -0.833. The Labute approximate surface area is 189 Å². The lowest BCUT2D eigenvalue weighted by Crippen LogP contribution is -2.60. The van der Waals surface area contributed by atoms with Gasteiger partial charge in [-0.2, -0.15) is 0 Å². The minimum Gasteiger partial charge on any atom is -0.507 e. The molecule has 1 saturated heterocycles. The molecule has 182 valence electrons. The lowest BCUT2D eigenvalue weighted by molar-refractivity contribution is -0.277. The summed E-state index contributed by atoms with van der Waals surface area (Å²) >= 11 is 0. The average molecular weight is 480 g/mol. The summed E-state index contributed by atoms with van der Waals surface area (Å²) in [6, 6.07) is 4.00. The van der Waals surface area contributed by atoms with Crippen molar-refractivity contribution in [2.75, 3.05) is 6.61 Å². The lowest BCUT2D eigenvalue weighted by atomic mass is 9.99. The molecular weight excluding hydrogens is 460 g/mol. The SMILES string of the molecule is O=c1c(O)c(-c2ccc(O)c(O)c2)oc2c(O)c(O[C@@H]3O[C@H](CO)[C@@H](O)[C@@H](O)[C@H]3O)cc(O)c12. The van der Waals surface area contributed by atoms with Crippen LogP contribution in [0.1, 0.15) is 0 Å². The number of aromatic hydroxyl groups is 5. The summed E-state index contributed by atoms with van der Waals surface area (Å²) in [6.07, 6.45) is -8.32. The first kappa shape index (κ1) is 23.4. The zero-order valence-electron chi connectivity index (χ0n) is 17.1. The molecule has 2 aromatic carbocycles. The number of ether oxygens (including phenoxy) is 2. The molecule has 0 amide bonds. The fraction of sp³-hybridized carbons (Fsp3) is 0.286. The van der Waals surface area contributed by atoms with Gasteiger partial charge < -0.3 is 59.8 Å². The lowest BCUT2D eigenvalue weighted by Gasteiger charge is -2.39. The Morgan fingerprint density at radius 2 is 1.56 bits per heavy atom. The molecule has 0 aliphatic carbocycles. The number of aliphatic hydroxyl groups is 4. The molecule has 34 heavy (non-hydrogen) atoms. The van der Waals surface area contributed by atoms with Crippen LogP contribution >= 0.6 is 0 Å². The highest BCUT2D eigenvalue weighted by atomic mass is 16.7. The molecule has 4 rings (SSSR count). The number of phenols is 4. The topological polar surface area (TPSA) is 231 Å². The maximum absolute atomic E-state index is 12.7. The van der Waals surface area contributed by atoms with Crippen molar-refractivity contribution in [2.24, 2.45) is 0 Å². The monoisotopic (exact) mass is 480 g/mol. The largest absolute Gasteiger partial charge is 0.507 e. The zero-order valence-corrected chi connectivity index (χ0v) is 17.1. The average Bonchev–Trinajstić information content (AvgIpc) is 2.81. The van der Waals surface area contributed by atoms with Gasteiger partial charge in [0.05, 0.1) is 6.61 Å². The molecule has 13 nitrogen and oxygen atoms in total. The van der Waals surface area contributed by atoms with E-state index in [-0.39, 0.29) is 5.56 Å². The van der Waals surface area contributed by atoms with Crippen LogP contribution in [0.4, 0.5) is 0 Å². The number of benzene rings is 2. The molecule has 1 aliphatic heterocycles. The van der Waals surface area contributed by atoms with Gasteiger partial charge in [-0.3, -0.25) is 4.79 Å². The summed E-state index contributed by atoms with van der Waals surface area (Å²) in [5.74, 6) is -4.80. The van der Waals surface area contributed by atoms with Gasteiger partial charge in [-0.1, -0.05) is 0 Å². The van der Waals surface area contributed by atoms with Crippen LogP contribution in [0.3, 0.4) is 0 Å². The van der Waals surface area contributed by atoms with Crippen LogP contribution in [0.5, 0.6) is 34.5 Å². The second kappa shape index (κ2) is 8.55. The van der Waals surface area contributed by atoms with Gasteiger partial charge in [-0.15, -0.1) is 0 Å². The summed E-state index contributed by atoms with van der Waals surface area (Å²) in [4.78, 5) is 12.7. The smallest absolute Gasteiger partial charge is 0.238 e. The van der Waals surface area contributed by atoms with Crippen LogP contribution in [-0.2, 0) is 4.74 Å². The standard InChI is InChI=1S/C21H20O13/c22-5-11-13(26)16(29)18(31)21(33-11)32-10-4-9(25)12-15(28)17(30)19(34-20(12)14(10)27)6-1-2-7(23)8(24)3-6/h1-4,11,13,16,18,21-27,29-31H,5H2/t11-,13-,16-,18-,21-/m1/s1. The van der Waals surface area contributed by atoms with Crippen molar-refractivity contribution in [1.82, 2.24) is 0 Å². The first-order valence-electron chi connectivity index (χ1n) is 9.79. The Morgan fingerprint density at radius 1 is 0.853 bits per heavy atom. The number of rotatable bonds is 4. The van der Waals surface area contributed by atoms with E-state index in [1.807, 2.05) is 0 Å². The maximum atomic E-state index is 12.7. The van der Waals surface area contributed by atoms with Gasteiger partial charge in [0.25, 0.3) is 0 Å². The number of fused-ring (bicyclic) bond motifs is 1. The highest BCUT2D eigenvalue weighted by Crippen LogP contribution is 2.44. The van der Waals surface area contributed by atoms with E-state index in [0.717, 1.165) is 18.2 Å². The highest BCUT2D eigenvalue weighted by Gasteiger charge is 2.45.